The molecule has 1 atom stereocenters. The number of hydrogen-bond donors (Lipinski definition) is 1. The Morgan fingerprint density at radius 1 is 1.41 bits per heavy atom. The van der Waals surface area contributed by atoms with Crippen molar-refractivity contribution in [2.75, 3.05) is 0 Å². The third kappa shape index (κ3) is 2.35. The maximum absolute atomic E-state index is 11.5. The van der Waals surface area contributed by atoms with Crippen LogP contribution in [0.1, 0.15) is 36.7 Å². The zero-order valence-corrected chi connectivity index (χ0v) is 10.8. The van der Waals surface area contributed by atoms with Crippen LogP contribution in [-0.4, -0.2) is 10.5 Å². The first-order chi connectivity index (χ1) is 7.65. The summed E-state index contributed by atoms with van der Waals surface area (Å²) >= 11 is 0. The minimum atomic E-state index is -0.00880. The van der Waals surface area contributed by atoms with Gasteiger partial charge in [-0.3, -0.25) is 9.36 Å². The Balaban J connectivity index is 0.00000144. The van der Waals surface area contributed by atoms with Crippen molar-refractivity contribution in [3.8, 4) is 0 Å². The van der Waals surface area contributed by atoms with E-state index >= 15 is 0 Å². The van der Waals surface area contributed by atoms with Crippen molar-refractivity contribution in [2.24, 2.45) is 5.73 Å². The number of benzene rings is 1. The summed E-state index contributed by atoms with van der Waals surface area (Å²) in [4.78, 5) is 11.5. The van der Waals surface area contributed by atoms with E-state index in [0.717, 1.165) is 22.9 Å². The highest BCUT2D eigenvalue weighted by molar-refractivity contribution is 5.93. The molecule has 0 unspecified atom stereocenters. The predicted molar refractivity (Wildman–Crippen MR) is 72.7 cm³/mol. The van der Waals surface area contributed by atoms with Crippen LogP contribution >= 0.6 is 12.4 Å². The number of aromatic nitrogens is 1. The lowest BCUT2D eigenvalue weighted by Gasteiger charge is -2.06. The number of nitrogens with two attached hydrogens (primary N) is 1. The van der Waals surface area contributed by atoms with Crippen LogP contribution in [0.4, 0.5) is 0 Å². The number of hydrogen-bond acceptors (Lipinski definition) is 2. The van der Waals surface area contributed by atoms with E-state index in [4.69, 9.17) is 5.73 Å². The van der Waals surface area contributed by atoms with E-state index in [9.17, 15) is 4.79 Å². The normalized spacial score (nSPS) is 12.2. The Bertz CT molecular complexity index is 533. The largest absolute Gasteiger partial charge is 0.324 e. The lowest BCUT2D eigenvalue weighted by Crippen LogP contribution is -2.08. The number of rotatable bonds is 2. The minimum Gasteiger partial charge on any atom is -0.324 e. The van der Waals surface area contributed by atoms with Gasteiger partial charge in [-0.25, -0.2) is 0 Å². The van der Waals surface area contributed by atoms with Crippen LogP contribution in [0.25, 0.3) is 10.9 Å². The second kappa shape index (κ2) is 5.34. The molecule has 92 valence electrons. The van der Waals surface area contributed by atoms with Crippen LogP contribution in [0.5, 0.6) is 0 Å². The molecule has 1 heterocycles. The number of para-hydroxylation sites is 1. The monoisotopic (exact) mass is 252 g/mol. The molecule has 0 saturated carbocycles. The summed E-state index contributed by atoms with van der Waals surface area (Å²) in [5.74, 6) is 0.0192. The zero-order chi connectivity index (χ0) is 11.7. The van der Waals surface area contributed by atoms with Gasteiger partial charge in [0.15, 0.2) is 0 Å². The first kappa shape index (κ1) is 13.7. The Labute approximate surface area is 107 Å². The third-order valence-electron chi connectivity index (χ3n) is 2.92. The highest BCUT2D eigenvalue weighted by Crippen LogP contribution is 2.26. The molecule has 4 heteroatoms. The van der Waals surface area contributed by atoms with Gasteiger partial charge in [0.1, 0.15) is 0 Å². The lowest BCUT2D eigenvalue weighted by atomic mass is 10.1. The van der Waals surface area contributed by atoms with Crippen LogP contribution in [0.15, 0.2) is 30.5 Å². The highest BCUT2D eigenvalue weighted by atomic mass is 35.5. The Morgan fingerprint density at radius 2 is 2.06 bits per heavy atom. The first-order valence-corrected chi connectivity index (χ1v) is 5.51. The fourth-order valence-corrected chi connectivity index (χ4v) is 1.98. The van der Waals surface area contributed by atoms with Gasteiger partial charge in [-0.2, -0.15) is 0 Å². The van der Waals surface area contributed by atoms with Crippen molar-refractivity contribution in [3.05, 3.63) is 36.0 Å². The van der Waals surface area contributed by atoms with E-state index in [0.29, 0.717) is 0 Å². The van der Waals surface area contributed by atoms with E-state index in [-0.39, 0.29) is 24.4 Å². The average molecular weight is 253 g/mol. The molecule has 0 fully saturated rings. The molecule has 2 rings (SSSR count). The van der Waals surface area contributed by atoms with Crippen molar-refractivity contribution in [3.63, 3.8) is 0 Å². The summed E-state index contributed by atoms with van der Waals surface area (Å²) in [5.41, 5.74) is 8.04. The number of carbonyl (C=O) groups excluding carboxylic acids is 1. The van der Waals surface area contributed by atoms with Gasteiger partial charge in [0.25, 0.3) is 0 Å². The van der Waals surface area contributed by atoms with Crippen LogP contribution < -0.4 is 5.73 Å². The molecule has 3 nitrogen and oxygen atoms in total. The molecule has 2 N–H and O–H groups in total. The summed E-state index contributed by atoms with van der Waals surface area (Å²) in [6.07, 6.45) is 2.73. The molecule has 1 aromatic carbocycles. The molecule has 1 aromatic heterocycles. The Morgan fingerprint density at radius 3 is 2.65 bits per heavy atom. The molecule has 0 aliphatic carbocycles. The fraction of sp³-hybridized carbons (Fsp3) is 0.308. The van der Waals surface area contributed by atoms with Crippen molar-refractivity contribution in [2.45, 2.75) is 26.3 Å². The highest BCUT2D eigenvalue weighted by Gasteiger charge is 2.14. The van der Waals surface area contributed by atoms with E-state index in [2.05, 4.69) is 0 Å². The number of carbonyl (C=O) groups is 1. The smallest absolute Gasteiger partial charge is 0.227 e. The van der Waals surface area contributed by atoms with Gasteiger partial charge in [-0.15, -0.1) is 12.4 Å². The molecule has 0 amide bonds. The molecule has 0 aliphatic heterocycles. The van der Waals surface area contributed by atoms with Gasteiger partial charge in [0.05, 0.1) is 5.52 Å². The second-order valence-electron chi connectivity index (χ2n) is 4.01. The lowest BCUT2D eigenvalue weighted by molar-refractivity contribution is 0.0941. The van der Waals surface area contributed by atoms with Gasteiger partial charge in [-0.05, 0) is 18.1 Å². The molecule has 0 radical (unpaired) electrons. The Hall–Kier alpha value is -1.32. The zero-order valence-electron chi connectivity index (χ0n) is 10.0. The van der Waals surface area contributed by atoms with E-state index in [1.807, 2.05) is 37.4 Å². The molecular formula is C13H17ClN2O. The average Bonchev–Trinajstić information content (AvgIpc) is 2.67. The standard InChI is InChI=1S/C13H16N2O.ClH/c1-3-12(14)11-8-15(9(2)16)13-7-5-4-6-10(11)13;/h4-8,12H,3,14H2,1-2H3;1H/t12-;/m0./s1. The van der Waals surface area contributed by atoms with E-state index in [1.165, 1.54) is 0 Å². The molecule has 0 aliphatic rings. The number of nitrogens with zero attached hydrogens (tertiary/aromatic N) is 1. The topological polar surface area (TPSA) is 48.0 Å². The van der Waals surface area contributed by atoms with Gasteiger partial charge in [0, 0.05) is 24.5 Å². The second-order valence-corrected chi connectivity index (χ2v) is 4.01. The molecule has 2 aromatic rings. The summed E-state index contributed by atoms with van der Waals surface area (Å²) in [6.45, 7) is 3.61. The van der Waals surface area contributed by atoms with E-state index < -0.39 is 0 Å². The minimum absolute atomic E-state index is 0. The fourth-order valence-electron chi connectivity index (χ4n) is 1.98. The van der Waals surface area contributed by atoms with Crippen molar-refractivity contribution in [1.82, 2.24) is 4.57 Å². The van der Waals surface area contributed by atoms with Crippen LogP contribution in [0.2, 0.25) is 0 Å². The van der Waals surface area contributed by atoms with Crippen molar-refractivity contribution >= 4 is 29.2 Å². The maximum Gasteiger partial charge on any atom is 0.227 e. The number of halogens is 1. The van der Waals surface area contributed by atoms with Crippen LogP contribution in [-0.2, 0) is 0 Å². The number of fused-ring (bicyclic) bond motifs is 1. The predicted octanol–water partition coefficient (Wildman–Crippen LogP) is 3.13. The van der Waals surface area contributed by atoms with Gasteiger partial charge in [-0.1, -0.05) is 25.1 Å². The first-order valence-electron chi connectivity index (χ1n) is 5.51. The molecular weight excluding hydrogens is 236 g/mol. The van der Waals surface area contributed by atoms with Crippen LogP contribution in [0.3, 0.4) is 0 Å². The SMILES string of the molecule is CC[C@H](N)c1cn(C(C)=O)c2ccccc12.Cl. The van der Waals surface area contributed by atoms with Gasteiger partial charge in [0.2, 0.25) is 5.91 Å². The van der Waals surface area contributed by atoms with Crippen molar-refractivity contribution < 1.29 is 4.79 Å². The quantitative estimate of drug-likeness (QED) is 0.893. The summed E-state index contributed by atoms with van der Waals surface area (Å²) in [7, 11) is 0. The van der Waals surface area contributed by atoms with Gasteiger partial charge < -0.3 is 5.73 Å². The maximum atomic E-state index is 11.5. The van der Waals surface area contributed by atoms with Crippen LogP contribution in [0, 0.1) is 0 Å². The molecule has 0 bridgehead atoms. The summed E-state index contributed by atoms with van der Waals surface area (Å²) in [6, 6.07) is 7.86. The molecule has 17 heavy (non-hydrogen) atoms. The molecule has 0 spiro atoms. The summed E-state index contributed by atoms with van der Waals surface area (Å²) < 4.78 is 1.67. The van der Waals surface area contributed by atoms with Gasteiger partial charge >= 0.3 is 0 Å². The Kier molecular flexibility index (Phi) is 4.32. The van der Waals surface area contributed by atoms with E-state index in [1.54, 1.807) is 11.5 Å². The third-order valence-corrected chi connectivity index (χ3v) is 2.92. The van der Waals surface area contributed by atoms with Crippen molar-refractivity contribution in [1.29, 1.82) is 0 Å². The summed E-state index contributed by atoms with van der Waals surface area (Å²) in [5, 5.41) is 1.08. The molecule has 0 saturated heterocycles.